The fourth-order valence-corrected chi connectivity index (χ4v) is 5.32. The predicted molar refractivity (Wildman–Crippen MR) is 165 cm³/mol. The highest BCUT2D eigenvalue weighted by atomic mass is 16.5. The minimum atomic E-state index is -0.444. The Bertz CT molecular complexity index is 1610. The summed E-state index contributed by atoms with van der Waals surface area (Å²) in [4.78, 5) is 35.6. The van der Waals surface area contributed by atoms with Crippen molar-refractivity contribution in [1.82, 2.24) is 15.3 Å². The molecule has 2 aromatic heterocycles. The molecule has 1 aliphatic heterocycles. The summed E-state index contributed by atoms with van der Waals surface area (Å²) in [7, 11) is 0. The number of anilines is 1. The molecule has 5 N–H and O–H groups in total. The van der Waals surface area contributed by atoms with E-state index < -0.39 is 6.04 Å². The summed E-state index contributed by atoms with van der Waals surface area (Å²) >= 11 is 0. The average molecular weight is 568 g/mol. The topological polar surface area (TPSA) is 134 Å². The molecule has 2 aromatic carbocycles. The summed E-state index contributed by atoms with van der Waals surface area (Å²) < 4.78 is 5.91. The summed E-state index contributed by atoms with van der Waals surface area (Å²) in [5.41, 5.74) is 9.26. The number of H-pyrrole nitrogens is 1. The number of pyridine rings is 1. The lowest BCUT2D eigenvalue weighted by Gasteiger charge is -2.39. The molecule has 1 saturated heterocycles. The molecule has 0 bridgehead atoms. The molecule has 4 aromatic rings. The zero-order valence-corrected chi connectivity index (χ0v) is 24.0. The van der Waals surface area contributed by atoms with Crippen LogP contribution in [0.1, 0.15) is 48.2 Å². The lowest BCUT2D eigenvalue weighted by molar-refractivity contribution is -0.117. The number of aromatic amines is 1. The minimum Gasteiger partial charge on any atom is -0.507 e. The Morgan fingerprint density at radius 3 is 2.88 bits per heavy atom. The van der Waals surface area contributed by atoms with Gasteiger partial charge in [0.15, 0.2) is 5.78 Å². The SMILES string of the molecule is CC1(C)CCCN(c2ccc(O)c(C(=O)c3cccc(OC[C@@H](CN)NC(=O)C=Cc4c[nH]c5ncccc45)c3)c2)C1. The summed E-state index contributed by atoms with van der Waals surface area (Å²) in [5.74, 6) is -0.195. The second kappa shape index (κ2) is 12.5. The Morgan fingerprint density at radius 1 is 1.21 bits per heavy atom. The van der Waals surface area contributed by atoms with Gasteiger partial charge in [-0.2, -0.15) is 0 Å². The zero-order valence-electron chi connectivity index (χ0n) is 24.0. The van der Waals surface area contributed by atoms with E-state index in [2.05, 4.69) is 34.0 Å². The molecule has 218 valence electrons. The predicted octanol–water partition coefficient (Wildman–Crippen LogP) is 4.66. The molecule has 0 saturated carbocycles. The van der Waals surface area contributed by atoms with Gasteiger partial charge in [-0.25, -0.2) is 4.98 Å². The Labute approximate surface area is 245 Å². The number of aromatic hydroxyl groups is 1. The molecule has 1 amide bonds. The second-order valence-electron chi connectivity index (χ2n) is 11.5. The van der Waals surface area contributed by atoms with Crippen LogP contribution in [0.3, 0.4) is 0 Å². The molecule has 0 unspecified atom stereocenters. The largest absolute Gasteiger partial charge is 0.507 e. The van der Waals surface area contributed by atoms with Crippen LogP contribution < -0.4 is 20.7 Å². The normalized spacial score (nSPS) is 15.5. The monoisotopic (exact) mass is 567 g/mol. The quantitative estimate of drug-likeness (QED) is 0.162. The van der Waals surface area contributed by atoms with Crippen molar-refractivity contribution in [1.29, 1.82) is 0 Å². The lowest BCUT2D eigenvalue weighted by Crippen LogP contribution is -2.43. The van der Waals surface area contributed by atoms with Gasteiger partial charge >= 0.3 is 0 Å². The number of piperidine rings is 1. The zero-order chi connectivity index (χ0) is 29.7. The molecule has 1 aliphatic rings. The Balaban J connectivity index is 1.21. The van der Waals surface area contributed by atoms with Gasteiger partial charge in [-0.15, -0.1) is 0 Å². The van der Waals surface area contributed by atoms with Gasteiger partial charge in [0, 0.05) is 60.3 Å². The Kier molecular flexibility index (Phi) is 8.59. The minimum absolute atomic E-state index is 0.0609. The number of amides is 1. The Hall–Kier alpha value is -4.63. The maximum Gasteiger partial charge on any atom is 0.244 e. The number of nitrogens with zero attached hydrogens (tertiary/aromatic N) is 2. The van der Waals surface area contributed by atoms with Gasteiger partial charge in [0.05, 0.1) is 11.6 Å². The first-order valence-corrected chi connectivity index (χ1v) is 14.2. The van der Waals surface area contributed by atoms with E-state index in [0.717, 1.165) is 48.2 Å². The number of ether oxygens (including phenoxy) is 1. The first-order valence-electron chi connectivity index (χ1n) is 14.2. The van der Waals surface area contributed by atoms with E-state index in [1.54, 1.807) is 54.9 Å². The number of nitrogens with one attached hydrogen (secondary N) is 2. The second-order valence-corrected chi connectivity index (χ2v) is 11.5. The van der Waals surface area contributed by atoms with Crippen molar-refractivity contribution < 1.29 is 19.4 Å². The van der Waals surface area contributed by atoms with Crippen LogP contribution >= 0.6 is 0 Å². The van der Waals surface area contributed by atoms with Gasteiger partial charge in [-0.3, -0.25) is 9.59 Å². The number of hydrogen-bond donors (Lipinski definition) is 4. The maximum atomic E-state index is 13.4. The Morgan fingerprint density at radius 2 is 2.07 bits per heavy atom. The van der Waals surface area contributed by atoms with Crippen LogP contribution in [0.25, 0.3) is 17.1 Å². The maximum absolute atomic E-state index is 13.4. The van der Waals surface area contributed by atoms with Gasteiger partial charge in [-0.05, 0) is 66.8 Å². The van der Waals surface area contributed by atoms with Crippen molar-refractivity contribution in [2.75, 3.05) is 31.1 Å². The van der Waals surface area contributed by atoms with E-state index in [9.17, 15) is 14.7 Å². The van der Waals surface area contributed by atoms with E-state index >= 15 is 0 Å². The number of aromatic nitrogens is 2. The van der Waals surface area contributed by atoms with Gasteiger partial charge in [0.1, 0.15) is 23.8 Å². The molecule has 1 atom stereocenters. The van der Waals surface area contributed by atoms with Crippen LogP contribution in [0.2, 0.25) is 0 Å². The fraction of sp³-hybridized carbons (Fsp3) is 0.303. The molecule has 5 rings (SSSR count). The molecule has 0 spiro atoms. The molecular weight excluding hydrogens is 530 g/mol. The van der Waals surface area contributed by atoms with E-state index in [4.69, 9.17) is 10.5 Å². The number of phenols is 1. The third-order valence-corrected chi connectivity index (χ3v) is 7.57. The van der Waals surface area contributed by atoms with Crippen molar-refractivity contribution in [2.24, 2.45) is 11.1 Å². The van der Waals surface area contributed by atoms with Crippen molar-refractivity contribution in [3.05, 3.63) is 89.8 Å². The number of ketones is 1. The number of benzene rings is 2. The highest BCUT2D eigenvalue weighted by Gasteiger charge is 2.27. The fourth-order valence-electron chi connectivity index (χ4n) is 5.32. The van der Waals surface area contributed by atoms with Crippen LogP contribution in [0.4, 0.5) is 5.69 Å². The lowest BCUT2D eigenvalue weighted by atomic mass is 9.84. The first kappa shape index (κ1) is 28.9. The molecule has 42 heavy (non-hydrogen) atoms. The van der Waals surface area contributed by atoms with Crippen LogP contribution in [0.5, 0.6) is 11.5 Å². The van der Waals surface area contributed by atoms with Crippen LogP contribution in [-0.4, -0.2) is 59.0 Å². The summed E-state index contributed by atoms with van der Waals surface area (Å²) in [5, 5.41) is 14.3. The van der Waals surface area contributed by atoms with E-state index in [0.29, 0.717) is 11.3 Å². The number of fused-ring (bicyclic) bond motifs is 1. The highest BCUT2D eigenvalue weighted by molar-refractivity contribution is 6.11. The van der Waals surface area contributed by atoms with E-state index in [-0.39, 0.29) is 41.6 Å². The van der Waals surface area contributed by atoms with Crippen molar-refractivity contribution >= 4 is 34.5 Å². The smallest absolute Gasteiger partial charge is 0.244 e. The number of rotatable bonds is 10. The average Bonchev–Trinajstić information content (AvgIpc) is 3.41. The number of phenolic OH excluding ortho intramolecular Hbond substituents is 1. The van der Waals surface area contributed by atoms with Crippen molar-refractivity contribution in [3.8, 4) is 11.5 Å². The first-order chi connectivity index (χ1) is 20.2. The number of hydrogen-bond acceptors (Lipinski definition) is 7. The molecule has 9 nitrogen and oxygen atoms in total. The van der Waals surface area contributed by atoms with Crippen LogP contribution in [-0.2, 0) is 4.79 Å². The third kappa shape index (κ3) is 6.80. The van der Waals surface area contributed by atoms with Crippen LogP contribution in [0, 0.1) is 5.41 Å². The standard InChI is InChI=1S/C33H37N5O4/c1-33(2)13-5-15-38(21-33)25-10-11-29(39)28(17-25)31(41)22-6-3-7-26(16-22)42-20-24(18-34)37-30(40)12-9-23-19-36-32-27(23)8-4-14-35-32/h3-4,6-12,14,16-17,19,24,39H,5,13,15,18,20-21,34H2,1-2H3,(H,35,36)(H,37,40)/t24-/m1/s1. The number of carbonyl (C=O) groups excluding carboxylic acids is 2. The molecule has 3 heterocycles. The summed E-state index contributed by atoms with van der Waals surface area (Å²) in [6.45, 7) is 6.60. The number of nitrogens with two attached hydrogens (primary N) is 1. The highest BCUT2D eigenvalue weighted by Crippen LogP contribution is 2.34. The van der Waals surface area contributed by atoms with Crippen LogP contribution in [0.15, 0.2) is 73.1 Å². The van der Waals surface area contributed by atoms with Gasteiger partial charge in [0.2, 0.25) is 5.91 Å². The third-order valence-electron chi connectivity index (χ3n) is 7.57. The summed E-state index contributed by atoms with van der Waals surface area (Å²) in [6.07, 6.45) is 8.91. The van der Waals surface area contributed by atoms with E-state index in [1.807, 2.05) is 18.2 Å². The van der Waals surface area contributed by atoms with E-state index in [1.165, 1.54) is 6.08 Å². The molecule has 0 radical (unpaired) electrons. The van der Waals surface area contributed by atoms with Gasteiger partial charge in [0.25, 0.3) is 0 Å². The van der Waals surface area contributed by atoms with Crippen molar-refractivity contribution in [3.63, 3.8) is 0 Å². The molecule has 0 aliphatic carbocycles. The van der Waals surface area contributed by atoms with Gasteiger partial charge < -0.3 is 30.8 Å². The van der Waals surface area contributed by atoms with Gasteiger partial charge in [-0.1, -0.05) is 26.0 Å². The molecule has 1 fully saturated rings. The molecular formula is C33H37N5O4. The summed E-state index contributed by atoms with van der Waals surface area (Å²) in [6, 6.07) is 15.3. The van der Waals surface area contributed by atoms with Crippen molar-refractivity contribution in [2.45, 2.75) is 32.7 Å². The molecule has 9 heteroatoms. The number of carbonyl (C=O) groups is 2.